The average Bonchev–Trinajstić information content (AvgIpc) is 2.21. The van der Waals surface area contributed by atoms with E-state index in [1.807, 2.05) is 26.0 Å². The molecule has 0 bridgehead atoms. The van der Waals surface area contributed by atoms with Gasteiger partial charge in [-0.05, 0) is 6.07 Å². The number of hydrogen-bond donors (Lipinski definition) is 1. The standard InChI is InChI=1S/C6H6NS.C3H8S.C2H6.W/c7-5-2-1-3-6(8)4-5;1-2-3-4;1-2;/h1-4,7-8H;4H,2-3H2,1H3;1-2H3;/q-1;;;+2/p-1. The number of thiol groups is 1. The van der Waals surface area contributed by atoms with E-state index in [9.17, 15) is 0 Å². The molecule has 1 aromatic rings. The summed E-state index contributed by atoms with van der Waals surface area (Å²) in [5, 5.41) is 0. The van der Waals surface area contributed by atoms with Gasteiger partial charge in [-0.25, -0.2) is 0 Å². The smallest absolute Gasteiger partial charge is 0.793 e. The van der Waals surface area contributed by atoms with Crippen LogP contribution in [0.5, 0.6) is 0 Å². The molecule has 4 heteroatoms. The maximum Gasteiger partial charge on any atom is 2.00 e. The molecule has 0 heterocycles. The third-order valence-electron chi connectivity index (χ3n) is 1.05. The van der Waals surface area contributed by atoms with E-state index >= 15 is 0 Å². The summed E-state index contributed by atoms with van der Waals surface area (Å²) in [6.07, 6.45) is 1.13. The van der Waals surface area contributed by atoms with Gasteiger partial charge in [0.1, 0.15) is 0 Å². The van der Waals surface area contributed by atoms with Crippen LogP contribution < -0.4 is 0 Å². The van der Waals surface area contributed by atoms with E-state index in [4.69, 9.17) is 5.73 Å². The Morgan fingerprint density at radius 3 is 2.00 bits per heavy atom. The van der Waals surface area contributed by atoms with Gasteiger partial charge in [-0.3, -0.25) is 0 Å². The molecule has 86 valence electrons. The second kappa shape index (κ2) is 16.8. The molecule has 0 radical (unpaired) electrons. The molecule has 0 amide bonds. The molecule has 1 aromatic carbocycles. The summed E-state index contributed by atoms with van der Waals surface area (Å²) >= 11 is 8.59. The Kier molecular flexibility index (Phi) is 23.3. The molecule has 1 N–H and O–H groups in total. The van der Waals surface area contributed by atoms with Gasteiger partial charge in [0.05, 0.1) is 0 Å². The molecule has 0 spiro atoms. The molecule has 0 aliphatic heterocycles. The maximum absolute atomic E-state index is 7.09. The third-order valence-corrected chi connectivity index (χ3v) is 1.74. The van der Waals surface area contributed by atoms with Crippen molar-refractivity contribution in [1.82, 2.24) is 0 Å². The number of hydrogen-bond acceptors (Lipinski definition) is 2. The van der Waals surface area contributed by atoms with E-state index in [2.05, 4.69) is 32.2 Å². The molecule has 0 saturated carbocycles. The van der Waals surface area contributed by atoms with Gasteiger partial charge in [0.2, 0.25) is 0 Å². The van der Waals surface area contributed by atoms with Crippen LogP contribution in [0.4, 0.5) is 5.69 Å². The van der Waals surface area contributed by atoms with Crippen LogP contribution >= 0.6 is 12.6 Å². The van der Waals surface area contributed by atoms with Crippen molar-refractivity contribution in [2.75, 3.05) is 5.75 Å². The molecule has 0 saturated heterocycles. The van der Waals surface area contributed by atoms with E-state index in [0.717, 1.165) is 17.1 Å². The van der Waals surface area contributed by atoms with E-state index < -0.39 is 0 Å². The minimum Gasteiger partial charge on any atom is -0.793 e. The van der Waals surface area contributed by atoms with Crippen LogP contribution in [0.3, 0.4) is 0 Å². The van der Waals surface area contributed by atoms with Gasteiger partial charge in [0, 0.05) is 4.90 Å². The fourth-order valence-corrected chi connectivity index (χ4v) is 0.731. The zero-order valence-corrected chi connectivity index (χ0v) is 14.1. The van der Waals surface area contributed by atoms with Crippen molar-refractivity contribution in [1.29, 1.82) is 0 Å². The van der Waals surface area contributed by atoms with Gasteiger partial charge in [0.25, 0.3) is 0 Å². The SMILES string of the molecule is CC.CCC[S-].[NH-]c1cccc(S)c1.[W+2]. The predicted molar refractivity (Wildman–Crippen MR) is 71.5 cm³/mol. The van der Waals surface area contributed by atoms with Crippen molar-refractivity contribution in [2.24, 2.45) is 0 Å². The molecule has 0 aliphatic carbocycles. The van der Waals surface area contributed by atoms with Crippen LogP contribution in [-0.2, 0) is 33.7 Å². The fraction of sp³-hybridized carbons (Fsp3) is 0.455. The van der Waals surface area contributed by atoms with Crippen molar-refractivity contribution in [3.63, 3.8) is 0 Å². The third kappa shape index (κ3) is 17.0. The minimum atomic E-state index is 0. The molecule has 1 nitrogen and oxygen atoms in total. The summed E-state index contributed by atoms with van der Waals surface area (Å²) in [6.45, 7) is 6.08. The van der Waals surface area contributed by atoms with Gasteiger partial charge in [-0.15, -0.1) is 18.3 Å². The molecular formula is C11H19NS2W. The van der Waals surface area contributed by atoms with Crippen LogP contribution in [0.25, 0.3) is 5.73 Å². The average molecular weight is 413 g/mol. The Morgan fingerprint density at radius 1 is 1.33 bits per heavy atom. The van der Waals surface area contributed by atoms with Crippen molar-refractivity contribution < 1.29 is 21.1 Å². The minimum absolute atomic E-state index is 0. The van der Waals surface area contributed by atoms with Gasteiger partial charge < -0.3 is 18.4 Å². The molecule has 0 atom stereocenters. The topological polar surface area (TPSA) is 23.8 Å². The first-order valence-corrected chi connectivity index (χ1v) is 5.82. The summed E-state index contributed by atoms with van der Waals surface area (Å²) in [7, 11) is 0. The zero-order valence-electron chi connectivity index (χ0n) is 9.49. The summed E-state index contributed by atoms with van der Waals surface area (Å²) in [4.78, 5) is 0.845. The van der Waals surface area contributed by atoms with Gasteiger partial charge in [-0.2, -0.15) is 5.75 Å². The van der Waals surface area contributed by atoms with Crippen LogP contribution in [0.2, 0.25) is 0 Å². The van der Waals surface area contributed by atoms with Gasteiger partial charge in [0.15, 0.2) is 0 Å². The number of nitrogens with one attached hydrogen (secondary N) is 1. The molecule has 1 rings (SSSR count). The Hall–Kier alpha value is 0.408. The van der Waals surface area contributed by atoms with Crippen LogP contribution in [-0.4, -0.2) is 5.75 Å². The van der Waals surface area contributed by atoms with Crippen LogP contribution in [0.1, 0.15) is 27.2 Å². The number of benzene rings is 1. The Labute approximate surface area is 119 Å². The molecular weight excluding hydrogens is 394 g/mol. The van der Waals surface area contributed by atoms with Crippen molar-refractivity contribution in [3.05, 3.63) is 30.0 Å². The zero-order chi connectivity index (χ0) is 11.4. The monoisotopic (exact) mass is 413 g/mol. The summed E-state index contributed by atoms with van der Waals surface area (Å²) in [5.41, 5.74) is 7.60. The summed E-state index contributed by atoms with van der Waals surface area (Å²) in [5.74, 6) is 0.903. The van der Waals surface area contributed by atoms with E-state index in [1.54, 1.807) is 12.1 Å². The van der Waals surface area contributed by atoms with Crippen molar-refractivity contribution in [3.8, 4) is 0 Å². The molecule has 0 unspecified atom stereocenters. The first kappa shape index (κ1) is 20.8. The van der Waals surface area contributed by atoms with Crippen LogP contribution in [0, 0.1) is 0 Å². The predicted octanol–water partition coefficient (Wildman–Crippen LogP) is 4.63. The second-order valence-electron chi connectivity index (χ2n) is 2.25. The largest absolute Gasteiger partial charge is 2.00 e. The molecule has 0 fully saturated rings. The quantitative estimate of drug-likeness (QED) is 0.527. The normalized spacial score (nSPS) is 7.27. The van der Waals surface area contributed by atoms with Crippen molar-refractivity contribution in [2.45, 2.75) is 32.1 Å². The van der Waals surface area contributed by atoms with E-state index in [1.165, 1.54) is 0 Å². The maximum atomic E-state index is 7.09. The Bertz CT molecular complexity index is 200. The summed E-state index contributed by atoms with van der Waals surface area (Å²) < 4.78 is 0. The Morgan fingerprint density at radius 2 is 1.80 bits per heavy atom. The van der Waals surface area contributed by atoms with E-state index in [-0.39, 0.29) is 21.1 Å². The molecule has 0 aromatic heterocycles. The van der Waals surface area contributed by atoms with Gasteiger partial charge in [-0.1, -0.05) is 45.4 Å². The first-order chi connectivity index (χ1) is 6.70. The molecule has 0 aliphatic rings. The fourth-order valence-electron chi connectivity index (χ4n) is 0.506. The van der Waals surface area contributed by atoms with Gasteiger partial charge >= 0.3 is 21.1 Å². The van der Waals surface area contributed by atoms with Crippen LogP contribution in [0.15, 0.2) is 29.2 Å². The second-order valence-corrected chi connectivity index (χ2v) is 3.18. The number of rotatable bonds is 1. The molecule has 15 heavy (non-hydrogen) atoms. The summed E-state index contributed by atoms with van der Waals surface area (Å²) in [6, 6.07) is 7.08. The van der Waals surface area contributed by atoms with Crippen molar-refractivity contribution >= 4 is 30.9 Å². The Balaban J connectivity index is -0.000000179. The first-order valence-electron chi connectivity index (χ1n) is 4.79. The van der Waals surface area contributed by atoms with E-state index in [0.29, 0.717) is 5.69 Å².